The highest BCUT2D eigenvalue weighted by Gasteiger charge is 2.49. The number of carbonyl (C=O) groups is 2. The van der Waals surface area contributed by atoms with Crippen LogP contribution in [0.3, 0.4) is 0 Å². The molecule has 1 aromatic rings. The maximum Gasteiger partial charge on any atom is 0.290 e. The number of carbonyl (C=O) groups excluding carboxylic acids is 2. The molecule has 3 rings (SSSR count). The minimum absolute atomic E-state index is 0.0420. The van der Waals surface area contributed by atoms with Crippen molar-refractivity contribution in [3.05, 3.63) is 35.0 Å². The van der Waals surface area contributed by atoms with Gasteiger partial charge in [-0.2, -0.15) is 0 Å². The summed E-state index contributed by atoms with van der Waals surface area (Å²) in [5.74, 6) is 0.185. The molecule has 1 saturated carbocycles. The van der Waals surface area contributed by atoms with Gasteiger partial charge in [-0.1, -0.05) is 33.6 Å². The van der Waals surface area contributed by atoms with Crippen molar-refractivity contribution in [2.75, 3.05) is 0 Å². The van der Waals surface area contributed by atoms with E-state index in [4.69, 9.17) is 4.42 Å². The summed E-state index contributed by atoms with van der Waals surface area (Å²) in [7, 11) is 0. The normalized spacial score (nSPS) is 22.8. The number of hydrogen-bond donors (Lipinski definition) is 1. The van der Waals surface area contributed by atoms with Crippen LogP contribution in [0.1, 0.15) is 64.0 Å². The van der Waals surface area contributed by atoms with E-state index >= 15 is 0 Å². The molecule has 0 bridgehead atoms. The Labute approximate surface area is 142 Å². The number of hydrogen-bond acceptors (Lipinski definition) is 4. The first-order valence-electron chi connectivity index (χ1n) is 8.58. The number of aliphatic hydroxyl groups excluding tert-OH is 1. The molecule has 0 radical (unpaired) electrons. The zero-order chi connectivity index (χ0) is 17.6. The summed E-state index contributed by atoms with van der Waals surface area (Å²) in [6, 6.07) is 3.03. The molecule has 5 heteroatoms. The zero-order valence-corrected chi connectivity index (χ0v) is 14.8. The molecular weight excluding hydrogens is 306 g/mol. The number of aryl methyl sites for hydroxylation is 1. The zero-order valence-electron chi connectivity index (χ0n) is 14.8. The molecule has 1 N–H and O–H groups in total. The van der Waals surface area contributed by atoms with Gasteiger partial charge in [-0.3, -0.25) is 9.59 Å². The second kappa shape index (κ2) is 5.80. The van der Waals surface area contributed by atoms with Crippen molar-refractivity contribution in [2.45, 2.75) is 65.5 Å². The second-order valence-electron chi connectivity index (χ2n) is 7.84. The third-order valence-corrected chi connectivity index (χ3v) is 4.92. The van der Waals surface area contributed by atoms with Crippen LogP contribution < -0.4 is 0 Å². The number of Topliss-reactive ketones (excluding diaryl/α,β-unsaturated/α-hetero) is 1. The highest BCUT2D eigenvalue weighted by Crippen LogP contribution is 2.44. The molecule has 0 spiro atoms. The van der Waals surface area contributed by atoms with Crippen LogP contribution in [0.5, 0.6) is 0 Å². The van der Waals surface area contributed by atoms with Crippen molar-refractivity contribution < 1.29 is 19.1 Å². The summed E-state index contributed by atoms with van der Waals surface area (Å²) >= 11 is 0. The van der Waals surface area contributed by atoms with Crippen LogP contribution in [0.15, 0.2) is 27.9 Å². The molecule has 0 aromatic carbocycles. The minimum Gasteiger partial charge on any atom is -0.503 e. The average Bonchev–Trinajstić information content (AvgIpc) is 3.19. The minimum atomic E-state index is -0.685. The lowest BCUT2D eigenvalue weighted by Crippen LogP contribution is -2.39. The highest BCUT2D eigenvalue weighted by atomic mass is 16.3. The van der Waals surface area contributed by atoms with Crippen molar-refractivity contribution in [3.8, 4) is 0 Å². The molecule has 1 aromatic heterocycles. The van der Waals surface area contributed by atoms with Crippen LogP contribution in [0, 0.1) is 12.3 Å². The van der Waals surface area contributed by atoms with Gasteiger partial charge in [0.05, 0.1) is 5.57 Å². The Balaban J connectivity index is 2.10. The molecule has 1 fully saturated rings. The van der Waals surface area contributed by atoms with E-state index in [-0.39, 0.29) is 17.4 Å². The maximum absolute atomic E-state index is 12.9. The highest BCUT2D eigenvalue weighted by molar-refractivity contribution is 6.10. The molecule has 24 heavy (non-hydrogen) atoms. The molecular formula is C19H25NO4. The van der Waals surface area contributed by atoms with Crippen LogP contribution in [-0.4, -0.2) is 27.7 Å². The van der Waals surface area contributed by atoms with E-state index in [0.29, 0.717) is 5.76 Å². The average molecular weight is 331 g/mol. The van der Waals surface area contributed by atoms with Crippen LogP contribution in [-0.2, 0) is 9.59 Å². The fourth-order valence-corrected chi connectivity index (χ4v) is 3.70. The Morgan fingerprint density at radius 1 is 1.25 bits per heavy atom. The first-order chi connectivity index (χ1) is 11.2. The van der Waals surface area contributed by atoms with E-state index in [1.54, 1.807) is 31.7 Å². The fourth-order valence-electron chi connectivity index (χ4n) is 3.70. The largest absolute Gasteiger partial charge is 0.503 e. The summed E-state index contributed by atoms with van der Waals surface area (Å²) < 4.78 is 5.76. The molecule has 2 heterocycles. The summed E-state index contributed by atoms with van der Waals surface area (Å²) in [6.07, 6.45) is 3.90. The van der Waals surface area contributed by atoms with Crippen molar-refractivity contribution in [1.82, 2.24) is 4.90 Å². The van der Waals surface area contributed by atoms with Crippen LogP contribution in [0.4, 0.5) is 0 Å². The van der Waals surface area contributed by atoms with Crippen molar-refractivity contribution >= 4 is 11.7 Å². The Kier molecular flexibility index (Phi) is 4.06. The first kappa shape index (κ1) is 16.8. The summed E-state index contributed by atoms with van der Waals surface area (Å²) in [5, 5.41) is 10.5. The Morgan fingerprint density at radius 2 is 1.88 bits per heavy atom. The lowest BCUT2D eigenvalue weighted by molar-refractivity contribution is -0.132. The van der Waals surface area contributed by atoms with Crippen LogP contribution in [0.25, 0.3) is 0 Å². The van der Waals surface area contributed by atoms with E-state index in [1.165, 1.54) is 0 Å². The number of aliphatic hydroxyl groups is 1. The van der Waals surface area contributed by atoms with E-state index in [2.05, 4.69) is 0 Å². The van der Waals surface area contributed by atoms with Gasteiger partial charge in [0.15, 0.2) is 11.5 Å². The van der Waals surface area contributed by atoms with Gasteiger partial charge in [0, 0.05) is 11.5 Å². The number of rotatable bonds is 3. The Morgan fingerprint density at radius 3 is 2.38 bits per heavy atom. The summed E-state index contributed by atoms with van der Waals surface area (Å²) in [4.78, 5) is 27.4. The number of ketones is 1. The third kappa shape index (κ3) is 2.66. The van der Waals surface area contributed by atoms with Gasteiger partial charge in [-0.05, 0) is 31.9 Å². The van der Waals surface area contributed by atoms with Gasteiger partial charge < -0.3 is 14.4 Å². The molecule has 1 unspecified atom stereocenters. The second-order valence-corrected chi connectivity index (χ2v) is 7.84. The topological polar surface area (TPSA) is 70.8 Å². The lowest BCUT2D eigenvalue weighted by atomic mass is 9.83. The molecule has 1 aliphatic heterocycles. The van der Waals surface area contributed by atoms with Crippen molar-refractivity contribution in [3.63, 3.8) is 0 Å². The number of furan rings is 1. The molecule has 1 aliphatic carbocycles. The SMILES string of the molecule is Cc1ccc(C2C(C(=O)C(C)(C)C)=C(O)C(=O)N2C2CCCC2)o1. The smallest absolute Gasteiger partial charge is 0.290 e. The molecule has 2 aliphatic rings. The van der Waals surface area contributed by atoms with E-state index in [1.807, 2.05) is 13.0 Å². The molecule has 1 atom stereocenters. The predicted octanol–water partition coefficient (Wildman–Crippen LogP) is 3.84. The predicted molar refractivity (Wildman–Crippen MR) is 89.4 cm³/mol. The summed E-state index contributed by atoms with van der Waals surface area (Å²) in [5.41, 5.74) is -0.511. The fraction of sp³-hybridized carbons (Fsp3) is 0.579. The lowest BCUT2D eigenvalue weighted by Gasteiger charge is -2.31. The van der Waals surface area contributed by atoms with Gasteiger partial charge in [0.2, 0.25) is 0 Å². The van der Waals surface area contributed by atoms with Crippen LogP contribution in [0.2, 0.25) is 0 Å². The van der Waals surface area contributed by atoms with E-state index in [0.717, 1.165) is 31.4 Å². The van der Waals surface area contributed by atoms with Gasteiger partial charge >= 0.3 is 0 Å². The molecule has 1 amide bonds. The van der Waals surface area contributed by atoms with Gasteiger partial charge in [0.25, 0.3) is 5.91 Å². The van der Waals surface area contributed by atoms with Crippen LogP contribution >= 0.6 is 0 Å². The Hall–Kier alpha value is -2.04. The summed E-state index contributed by atoms with van der Waals surface area (Å²) in [6.45, 7) is 7.21. The molecule has 5 nitrogen and oxygen atoms in total. The Bertz CT molecular complexity index is 701. The number of amides is 1. The van der Waals surface area contributed by atoms with Gasteiger partial charge in [-0.15, -0.1) is 0 Å². The van der Waals surface area contributed by atoms with Gasteiger partial charge in [-0.25, -0.2) is 0 Å². The monoisotopic (exact) mass is 331 g/mol. The van der Waals surface area contributed by atoms with Crippen molar-refractivity contribution in [2.24, 2.45) is 5.41 Å². The maximum atomic E-state index is 12.9. The van der Waals surface area contributed by atoms with Gasteiger partial charge in [0.1, 0.15) is 17.6 Å². The van der Waals surface area contributed by atoms with Crippen molar-refractivity contribution in [1.29, 1.82) is 0 Å². The molecule has 130 valence electrons. The standard InChI is InChI=1S/C19H25NO4/c1-11-9-10-13(24-11)15-14(17(22)19(2,3)4)16(21)18(23)20(15)12-7-5-6-8-12/h9-10,12,15,21H,5-8H2,1-4H3. The van der Waals surface area contributed by atoms with E-state index < -0.39 is 23.1 Å². The first-order valence-corrected chi connectivity index (χ1v) is 8.58. The van der Waals surface area contributed by atoms with E-state index in [9.17, 15) is 14.7 Å². The third-order valence-electron chi connectivity index (χ3n) is 4.92. The quantitative estimate of drug-likeness (QED) is 0.913. The number of nitrogens with zero attached hydrogens (tertiary/aromatic N) is 1. The molecule has 0 saturated heterocycles.